The maximum absolute atomic E-state index is 12.0. The lowest BCUT2D eigenvalue weighted by Crippen LogP contribution is -2.23. The first-order valence-corrected chi connectivity index (χ1v) is 7.33. The highest BCUT2D eigenvalue weighted by molar-refractivity contribution is 5.94. The fraction of sp³-hybridized carbons (Fsp3) is 0.312. The molecule has 7 heteroatoms. The number of hydrogen-bond acceptors (Lipinski definition) is 5. The van der Waals surface area contributed by atoms with Crippen LogP contribution in [0.25, 0.3) is 0 Å². The molecule has 1 aliphatic rings. The van der Waals surface area contributed by atoms with E-state index in [0.29, 0.717) is 6.54 Å². The second-order valence-corrected chi connectivity index (χ2v) is 5.33. The van der Waals surface area contributed by atoms with Crippen molar-refractivity contribution >= 4 is 17.8 Å². The lowest BCUT2D eigenvalue weighted by molar-refractivity contribution is -0.117. The molecule has 0 unspecified atom stereocenters. The fourth-order valence-electron chi connectivity index (χ4n) is 2.00. The molecular formula is C16H17N3O4. The van der Waals surface area contributed by atoms with Gasteiger partial charge in [0.15, 0.2) is 5.69 Å². The average molecular weight is 315 g/mol. The summed E-state index contributed by atoms with van der Waals surface area (Å²) >= 11 is 0. The maximum atomic E-state index is 12.0. The number of hydrogen-bond donors (Lipinski definition) is 2. The van der Waals surface area contributed by atoms with Gasteiger partial charge in [-0.05, 0) is 30.5 Å². The van der Waals surface area contributed by atoms with Crippen LogP contribution in [-0.4, -0.2) is 23.9 Å². The van der Waals surface area contributed by atoms with E-state index in [1.807, 2.05) is 24.3 Å². The number of amides is 2. The molecule has 0 spiro atoms. The van der Waals surface area contributed by atoms with Crippen LogP contribution in [0.5, 0.6) is 5.75 Å². The van der Waals surface area contributed by atoms with E-state index in [-0.39, 0.29) is 29.4 Å². The van der Waals surface area contributed by atoms with E-state index in [9.17, 15) is 9.59 Å². The Hall–Kier alpha value is -2.83. The monoisotopic (exact) mass is 315 g/mol. The smallest absolute Gasteiger partial charge is 0.302 e. The number of nitrogens with zero attached hydrogens (tertiary/aromatic N) is 1. The highest BCUT2D eigenvalue weighted by Gasteiger charge is 2.30. The van der Waals surface area contributed by atoms with Gasteiger partial charge in [0.2, 0.25) is 5.91 Å². The third kappa shape index (κ3) is 3.88. The van der Waals surface area contributed by atoms with Crippen LogP contribution in [0.3, 0.4) is 0 Å². The summed E-state index contributed by atoms with van der Waals surface area (Å²) in [5.41, 5.74) is 1.06. The molecule has 1 aromatic carbocycles. The molecule has 2 aromatic rings. The van der Waals surface area contributed by atoms with Crippen LogP contribution < -0.4 is 15.4 Å². The summed E-state index contributed by atoms with van der Waals surface area (Å²) in [6.45, 7) is 0.361. The van der Waals surface area contributed by atoms with E-state index < -0.39 is 0 Å². The molecule has 1 heterocycles. The van der Waals surface area contributed by atoms with Crippen LogP contribution in [-0.2, 0) is 11.3 Å². The highest BCUT2D eigenvalue weighted by Crippen LogP contribution is 2.30. The quantitative estimate of drug-likeness (QED) is 0.850. The first-order chi connectivity index (χ1) is 11.2. The molecule has 1 aliphatic carbocycles. The number of benzene rings is 1. The molecular weight excluding hydrogens is 298 g/mol. The minimum absolute atomic E-state index is 0.0502. The normalized spacial score (nSPS) is 13.4. The molecule has 7 nitrogen and oxygen atoms in total. The average Bonchev–Trinajstić information content (AvgIpc) is 3.33. The van der Waals surface area contributed by atoms with Gasteiger partial charge in [-0.3, -0.25) is 14.9 Å². The molecule has 0 saturated heterocycles. The van der Waals surface area contributed by atoms with Crippen molar-refractivity contribution in [2.45, 2.75) is 19.4 Å². The van der Waals surface area contributed by atoms with Gasteiger partial charge in [0.05, 0.1) is 7.11 Å². The number of aromatic nitrogens is 1. The molecule has 1 aromatic heterocycles. The number of carbonyl (C=O) groups excluding carboxylic acids is 2. The second-order valence-electron chi connectivity index (χ2n) is 5.33. The summed E-state index contributed by atoms with van der Waals surface area (Å²) in [5.74, 6) is 0.329. The van der Waals surface area contributed by atoms with Gasteiger partial charge in [-0.2, -0.15) is 4.98 Å². The van der Waals surface area contributed by atoms with Crippen molar-refractivity contribution in [1.29, 1.82) is 0 Å². The maximum Gasteiger partial charge on any atom is 0.302 e. The van der Waals surface area contributed by atoms with Crippen LogP contribution in [0.4, 0.5) is 6.01 Å². The zero-order valence-corrected chi connectivity index (χ0v) is 12.7. The van der Waals surface area contributed by atoms with Gasteiger partial charge >= 0.3 is 6.01 Å². The summed E-state index contributed by atoms with van der Waals surface area (Å²) in [4.78, 5) is 27.6. The molecule has 0 aliphatic heterocycles. The van der Waals surface area contributed by atoms with Gasteiger partial charge < -0.3 is 14.5 Å². The molecule has 0 radical (unpaired) electrons. The molecule has 0 atom stereocenters. The van der Waals surface area contributed by atoms with E-state index in [1.54, 1.807) is 7.11 Å². The number of anilines is 1. The largest absolute Gasteiger partial charge is 0.497 e. The lowest BCUT2D eigenvalue weighted by atomic mass is 10.2. The van der Waals surface area contributed by atoms with Crippen molar-refractivity contribution in [2.75, 3.05) is 12.4 Å². The number of oxazole rings is 1. The first-order valence-electron chi connectivity index (χ1n) is 7.33. The minimum atomic E-state index is -0.364. The van der Waals surface area contributed by atoms with Gasteiger partial charge in [-0.25, -0.2) is 0 Å². The van der Waals surface area contributed by atoms with E-state index in [2.05, 4.69) is 15.6 Å². The summed E-state index contributed by atoms with van der Waals surface area (Å²) in [6.07, 6.45) is 3.01. The van der Waals surface area contributed by atoms with Gasteiger partial charge in [-0.1, -0.05) is 12.1 Å². The van der Waals surface area contributed by atoms with Crippen molar-refractivity contribution in [2.24, 2.45) is 5.92 Å². The molecule has 0 bridgehead atoms. The second kappa shape index (κ2) is 6.51. The third-order valence-electron chi connectivity index (χ3n) is 3.53. The Balaban J connectivity index is 1.53. The summed E-state index contributed by atoms with van der Waals surface area (Å²) in [5, 5.41) is 5.29. The predicted molar refractivity (Wildman–Crippen MR) is 82.0 cm³/mol. The molecule has 1 saturated carbocycles. The van der Waals surface area contributed by atoms with Crippen LogP contribution in [0.2, 0.25) is 0 Å². The Morgan fingerprint density at radius 3 is 2.70 bits per heavy atom. The van der Waals surface area contributed by atoms with Gasteiger partial charge in [-0.15, -0.1) is 0 Å². The van der Waals surface area contributed by atoms with Gasteiger partial charge in [0, 0.05) is 12.5 Å². The van der Waals surface area contributed by atoms with E-state index >= 15 is 0 Å². The lowest BCUT2D eigenvalue weighted by Gasteiger charge is -2.04. The van der Waals surface area contributed by atoms with Crippen molar-refractivity contribution in [1.82, 2.24) is 10.3 Å². The van der Waals surface area contributed by atoms with Crippen LogP contribution >= 0.6 is 0 Å². The Bertz CT molecular complexity index is 704. The fourth-order valence-corrected chi connectivity index (χ4v) is 2.00. The summed E-state index contributed by atoms with van der Waals surface area (Å²) in [7, 11) is 1.60. The van der Waals surface area contributed by atoms with Gasteiger partial charge in [0.1, 0.15) is 12.0 Å². The Labute approximate surface area is 133 Å². The van der Waals surface area contributed by atoms with Crippen LogP contribution in [0.15, 0.2) is 34.9 Å². The van der Waals surface area contributed by atoms with Crippen molar-refractivity contribution in [3.8, 4) is 5.75 Å². The number of nitrogens with one attached hydrogen (secondary N) is 2. The molecule has 2 N–H and O–H groups in total. The van der Waals surface area contributed by atoms with E-state index in [1.165, 1.54) is 6.26 Å². The van der Waals surface area contributed by atoms with E-state index in [0.717, 1.165) is 24.2 Å². The molecule has 2 amide bonds. The standard InChI is InChI=1S/C16H17N3O4/c1-22-12-6-2-10(3-7-12)8-17-15(21)13-9-23-16(18-13)19-14(20)11-4-5-11/h2-3,6-7,9,11H,4-5,8H2,1H3,(H,17,21)(H,18,19,20). The molecule has 23 heavy (non-hydrogen) atoms. The summed E-state index contributed by atoms with van der Waals surface area (Å²) < 4.78 is 10.2. The highest BCUT2D eigenvalue weighted by atomic mass is 16.5. The van der Waals surface area contributed by atoms with Crippen molar-refractivity contribution < 1.29 is 18.7 Å². The topological polar surface area (TPSA) is 93.5 Å². The number of ether oxygens (including phenoxy) is 1. The molecule has 120 valence electrons. The Morgan fingerprint density at radius 2 is 2.04 bits per heavy atom. The molecule has 3 rings (SSSR count). The summed E-state index contributed by atoms with van der Waals surface area (Å²) in [6, 6.07) is 7.43. The van der Waals surface area contributed by atoms with Crippen molar-refractivity contribution in [3.63, 3.8) is 0 Å². The molecule has 1 fully saturated rings. The minimum Gasteiger partial charge on any atom is -0.497 e. The predicted octanol–water partition coefficient (Wildman–Crippen LogP) is 1.96. The zero-order valence-electron chi connectivity index (χ0n) is 12.7. The number of methoxy groups -OCH3 is 1. The van der Waals surface area contributed by atoms with Gasteiger partial charge in [0.25, 0.3) is 5.91 Å². The third-order valence-corrected chi connectivity index (χ3v) is 3.53. The number of rotatable bonds is 6. The Morgan fingerprint density at radius 1 is 1.30 bits per heavy atom. The SMILES string of the molecule is COc1ccc(CNC(=O)c2coc(NC(=O)C3CC3)n2)cc1. The Kier molecular flexibility index (Phi) is 4.27. The van der Waals surface area contributed by atoms with Crippen LogP contribution in [0.1, 0.15) is 28.9 Å². The van der Waals surface area contributed by atoms with Crippen molar-refractivity contribution in [3.05, 3.63) is 41.8 Å². The first kappa shape index (κ1) is 15.1. The number of carbonyl (C=O) groups is 2. The zero-order chi connectivity index (χ0) is 16.2. The van der Waals surface area contributed by atoms with Crippen LogP contribution in [0, 0.1) is 5.92 Å². The van der Waals surface area contributed by atoms with E-state index in [4.69, 9.17) is 9.15 Å².